The van der Waals surface area contributed by atoms with Crippen LogP contribution in [0.2, 0.25) is 0 Å². The molecular formula is C53H69N3O16. The third-order valence-electron chi connectivity index (χ3n) is 12.8. The zero-order chi connectivity index (χ0) is 52.4. The third kappa shape index (κ3) is 14.0. The van der Waals surface area contributed by atoms with Gasteiger partial charge in [0.25, 0.3) is 11.8 Å². The van der Waals surface area contributed by atoms with Crippen LogP contribution >= 0.6 is 0 Å². The first-order valence-electron chi connectivity index (χ1n) is 24.3. The number of nitrogens with zero attached hydrogens (tertiary/aromatic N) is 2. The third-order valence-corrected chi connectivity index (χ3v) is 12.8. The predicted molar refractivity (Wildman–Crippen MR) is 257 cm³/mol. The van der Waals surface area contributed by atoms with E-state index >= 15 is 0 Å². The van der Waals surface area contributed by atoms with Gasteiger partial charge in [0.15, 0.2) is 54.0 Å². The minimum atomic E-state index is -1.31. The van der Waals surface area contributed by atoms with Crippen LogP contribution < -0.4 is 5.32 Å². The number of carboxylic acid groups (broad SMARTS) is 2. The normalized spacial score (nSPS) is 28.5. The molecule has 0 spiro atoms. The van der Waals surface area contributed by atoms with Crippen molar-refractivity contribution in [2.45, 2.75) is 152 Å². The molecular weight excluding hydrogens is 935 g/mol. The molecule has 392 valence electrons. The molecule has 3 aromatic carbocycles. The maximum Gasteiger partial charge on any atom is 0.338 e. The first-order valence-corrected chi connectivity index (χ1v) is 24.3. The van der Waals surface area contributed by atoms with Gasteiger partial charge in [-0.1, -0.05) is 91.0 Å². The fourth-order valence-corrected chi connectivity index (χ4v) is 9.67. The Kier molecular flexibility index (Phi) is 18.7. The van der Waals surface area contributed by atoms with E-state index in [-0.39, 0.29) is 23.9 Å². The van der Waals surface area contributed by atoms with Crippen LogP contribution in [0.5, 0.6) is 0 Å². The van der Waals surface area contributed by atoms with Crippen molar-refractivity contribution in [1.82, 2.24) is 15.1 Å². The zero-order valence-electron chi connectivity index (χ0n) is 42.2. The lowest BCUT2D eigenvalue weighted by molar-refractivity contribution is -0.170. The van der Waals surface area contributed by atoms with Gasteiger partial charge in [-0.15, -0.1) is 0 Å². The predicted octanol–water partition coefficient (Wildman–Crippen LogP) is 5.87. The fourth-order valence-electron chi connectivity index (χ4n) is 9.67. The number of carbonyl (C=O) groups is 6. The van der Waals surface area contributed by atoms with Crippen molar-refractivity contribution >= 4 is 35.7 Å². The summed E-state index contributed by atoms with van der Waals surface area (Å²) in [5.41, 5.74) is 3.59. The van der Waals surface area contributed by atoms with Crippen LogP contribution in [0, 0.1) is 0 Å². The lowest BCUT2D eigenvalue weighted by Crippen LogP contribution is -2.46. The van der Waals surface area contributed by atoms with Gasteiger partial charge >= 0.3 is 23.9 Å². The summed E-state index contributed by atoms with van der Waals surface area (Å²) in [6.07, 6.45) is -0.702. The Morgan fingerprint density at radius 1 is 0.486 bits per heavy atom. The highest BCUT2D eigenvalue weighted by molar-refractivity contribution is 5.90. The number of esters is 2. The Bertz CT molecular complexity index is 2310. The van der Waals surface area contributed by atoms with Crippen LogP contribution in [0.4, 0.5) is 0 Å². The Labute approximate surface area is 420 Å². The molecule has 19 heteroatoms. The second kappa shape index (κ2) is 24.3. The molecule has 9 rings (SSSR count). The largest absolute Gasteiger partial charge is 0.479 e. The van der Waals surface area contributed by atoms with Crippen molar-refractivity contribution in [3.05, 3.63) is 108 Å². The second-order valence-electron chi connectivity index (χ2n) is 19.4. The minimum Gasteiger partial charge on any atom is -0.479 e. The molecule has 0 radical (unpaired) electrons. The summed E-state index contributed by atoms with van der Waals surface area (Å²) in [5.74, 6) is -7.45. The Balaban J connectivity index is 0.000000164. The van der Waals surface area contributed by atoms with Gasteiger partial charge in [-0.05, 0) is 103 Å². The smallest absolute Gasteiger partial charge is 0.338 e. The molecule has 9 atom stereocenters. The van der Waals surface area contributed by atoms with Crippen LogP contribution in [0.25, 0.3) is 0 Å². The Morgan fingerprint density at radius 3 is 1.18 bits per heavy atom. The highest BCUT2D eigenvalue weighted by Gasteiger charge is 2.54. The summed E-state index contributed by atoms with van der Waals surface area (Å²) in [6.45, 7) is 12.1. The summed E-state index contributed by atoms with van der Waals surface area (Å²) in [7, 11) is 2.44. The van der Waals surface area contributed by atoms with Gasteiger partial charge in [0.05, 0.1) is 26.3 Å². The van der Waals surface area contributed by atoms with Gasteiger partial charge in [-0.2, -0.15) is 0 Å². The first-order chi connectivity index (χ1) is 34.2. The van der Waals surface area contributed by atoms with E-state index in [2.05, 4.69) is 40.4 Å². The molecule has 0 bridgehead atoms. The number of likely N-dealkylation sites (tertiary alicyclic amines) is 2. The van der Waals surface area contributed by atoms with Gasteiger partial charge < -0.3 is 63.2 Å². The van der Waals surface area contributed by atoms with Crippen LogP contribution in [0.3, 0.4) is 0 Å². The molecule has 6 fully saturated rings. The molecule has 3 aromatic rings. The van der Waals surface area contributed by atoms with Crippen LogP contribution in [0.1, 0.15) is 115 Å². The zero-order valence-corrected chi connectivity index (χ0v) is 42.2. The Morgan fingerprint density at radius 2 is 0.819 bits per heavy atom. The summed E-state index contributed by atoms with van der Waals surface area (Å²) in [5, 5.41) is 21.5. The van der Waals surface area contributed by atoms with E-state index < -0.39 is 77.9 Å². The van der Waals surface area contributed by atoms with Gasteiger partial charge in [-0.25, -0.2) is 19.2 Å². The molecule has 0 aromatic heterocycles. The number of amides is 2. The van der Waals surface area contributed by atoms with E-state index in [9.17, 15) is 33.9 Å². The van der Waals surface area contributed by atoms with Crippen molar-refractivity contribution in [2.75, 3.05) is 33.9 Å². The van der Waals surface area contributed by atoms with E-state index in [1.54, 1.807) is 37.5 Å². The maximum atomic E-state index is 13.1. The monoisotopic (exact) mass is 1000 g/mol. The minimum absolute atomic E-state index is 0.00399. The molecule has 0 aliphatic carbocycles. The summed E-state index contributed by atoms with van der Waals surface area (Å²) < 4.78 is 41.6. The van der Waals surface area contributed by atoms with E-state index in [4.69, 9.17) is 38.3 Å². The highest BCUT2D eigenvalue weighted by atomic mass is 16.8. The summed E-state index contributed by atoms with van der Waals surface area (Å²) in [4.78, 5) is 74.7. The van der Waals surface area contributed by atoms with Gasteiger partial charge in [0.2, 0.25) is 0 Å². The van der Waals surface area contributed by atoms with E-state index in [1.165, 1.54) is 45.9 Å². The van der Waals surface area contributed by atoms with Gasteiger partial charge in [-0.3, -0.25) is 9.59 Å². The molecule has 19 nitrogen and oxygen atoms in total. The number of nitrogens with one attached hydrogen (secondary N) is 1. The molecule has 2 amide bonds. The van der Waals surface area contributed by atoms with E-state index in [0.717, 1.165) is 43.9 Å². The van der Waals surface area contributed by atoms with Crippen LogP contribution in [-0.2, 0) is 66.7 Å². The fraction of sp³-hybridized carbons (Fsp3) is 0.547. The molecule has 3 N–H and O–H groups in total. The quantitative estimate of drug-likeness (QED) is 0.213. The number of carboxylic acids is 2. The molecule has 6 aliphatic heterocycles. The SMILES string of the molecule is CC1(C)O[C@@H](C(=O)O)[C@H](C(=O)N2CCC[C@H]2c2ccccc2)O1.COC(=O)[C@@H]1OC(C)(C)O[C@H]1C(=O)N1CCC[C@H]1c1ccccc1.COC(=O)[C@@H]1OC(C)(C)O[C@H]1C(=O)O.c1ccc([C@@H]2CCCN2)cc1. The lowest BCUT2D eigenvalue weighted by atomic mass is 10.0. The number of methoxy groups -OCH3 is 2. The van der Waals surface area contributed by atoms with Crippen molar-refractivity contribution < 1.29 is 76.9 Å². The number of carbonyl (C=O) groups excluding carboxylic acids is 4. The summed E-state index contributed by atoms with van der Waals surface area (Å²) >= 11 is 0. The van der Waals surface area contributed by atoms with E-state index in [1.807, 2.05) is 60.7 Å². The number of rotatable bonds is 9. The molecule has 6 saturated heterocycles. The van der Waals surface area contributed by atoms with Crippen LogP contribution in [-0.4, -0.2) is 144 Å². The number of benzene rings is 3. The Hall–Kier alpha value is -5.80. The van der Waals surface area contributed by atoms with Crippen molar-refractivity contribution in [3.63, 3.8) is 0 Å². The number of aliphatic carboxylic acids is 2. The number of ether oxygens (including phenoxy) is 8. The van der Waals surface area contributed by atoms with Crippen molar-refractivity contribution in [2.24, 2.45) is 0 Å². The van der Waals surface area contributed by atoms with Crippen LogP contribution in [0.15, 0.2) is 91.0 Å². The number of hydrogen-bond acceptors (Lipinski definition) is 15. The average Bonchev–Trinajstić information content (AvgIpc) is 4.24. The van der Waals surface area contributed by atoms with E-state index in [0.29, 0.717) is 19.1 Å². The topological polar surface area (TPSA) is 235 Å². The molecule has 6 heterocycles. The van der Waals surface area contributed by atoms with Gasteiger partial charge in [0, 0.05) is 19.1 Å². The van der Waals surface area contributed by atoms with Crippen molar-refractivity contribution in [3.8, 4) is 0 Å². The molecule has 6 aliphatic rings. The lowest BCUT2D eigenvalue weighted by Gasteiger charge is -2.28. The maximum absolute atomic E-state index is 13.1. The first kappa shape index (κ1) is 55.5. The summed E-state index contributed by atoms with van der Waals surface area (Å²) in [6, 6.07) is 31.0. The number of hydrogen-bond donors (Lipinski definition) is 3. The molecule has 72 heavy (non-hydrogen) atoms. The van der Waals surface area contributed by atoms with Gasteiger partial charge in [0.1, 0.15) is 0 Å². The van der Waals surface area contributed by atoms with Crippen molar-refractivity contribution in [1.29, 1.82) is 0 Å². The highest BCUT2D eigenvalue weighted by Crippen LogP contribution is 2.38. The average molecular weight is 1000 g/mol. The molecule has 0 unspecified atom stereocenters. The second-order valence-corrected chi connectivity index (χ2v) is 19.4. The standard InChI is InChI=1S/C18H23NO5.C17H21NO5.C10H13N.C8H12O6/c1-18(2)23-14(15(24-18)17(21)22-3)16(20)19-11-7-10-13(19)12-8-5-4-6-9-12;1-17(2)22-13(14(23-17)16(20)21)15(19)18-10-6-9-12(18)11-7-4-3-5-8-11;1-2-5-9(6-3-1)10-7-4-8-11-10;1-8(2)13-4(6(9)10)5(14-8)7(11)12-3/h4-6,8-9,13-15H,7,10-11H2,1-3H3;3-5,7-8,12-14H,6,9-10H2,1-2H3,(H,20,21);1-3,5-6,10-11H,4,7-8H2;4-5H,1-3H3,(H,9,10)/t13-,14+,15+;12-,13+,14+;10-;4-,5-/m0001/s1. The molecule has 0 saturated carbocycles.